The Hall–Kier alpha value is -6.60. The summed E-state index contributed by atoms with van der Waals surface area (Å²) in [5.41, 5.74) is 6.40. The lowest BCUT2D eigenvalue weighted by Crippen LogP contribution is -1.97. The summed E-state index contributed by atoms with van der Waals surface area (Å²) >= 11 is 0. The Morgan fingerprint density at radius 3 is 1.54 bits per heavy atom. The number of nitrogens with two attached hydrogens (primary N) is 1. The summed E-state index contributed by atoms with van der Waals surface area (Å²) in [5.74, 6) is -2.55. The monoisotopic (exact) mass is 646 g/mol. The van der Waals surface area contributed by atoms with Crippen molar-refractivity contribution in [3.8, 4) is 11.4 Å². The molecular weight excluding hydrogens is 620 g/mol. The Morgan fingerprint density at radius 2 is 1.20 bits per heavy atom. The SMILES string of the molecule is C.C.Fc1ccnc(F)c1.Nc1ccn(-c2ccnc(F)c2)n1.O=[N+]([O-])c1ccn(-c2ccnc(F)c2)n1.O=[N+]([O-])c1ccn[nH]1. The van der Waals surface area contributed by atoms with Gasteiger partial charge in [0.2, 0.25) is 17.8 Å². The minimum absolute atomic E-state index is 0. The standard InChI is InChI=1S/C8H5FN4O2.C8H7FN4.C5H3F2N.C3H3N3O2.2CH4/c9-7-5-6(1-3-10-7)12-4-2-8(11-12)13(14)15;9-7-5-6(1-3-11-7)13-4-2-8(10)12-13;6-4-1-2-8-5(7)3-4;7-6(8)3-1-2-4-5-3;;/h1-5H;1-5H,(H2,10,12);1-3H;1-2H,(H,4,5);2*1H4. The largest absolute Gasteiger partial charge is 0.390 e. The molecule has 6 aromatic heterocycles. The first-order chi connectivity index (χ1) is 21.0. The number of nitrogens with one attached hydrogen (secondary N) is 1. The van der Waals surface area contributed by atoms with Gasteiger partial charge in [-0.3, -0.25) is 0 Å². The Kier molecular flexibility index (Phi) is 14.8. The zero-order valence-electron chi connectivity index (χ0n) is 21.9. The van der Waals surface area contributed by atoms with Crippen molar-refractivity contribution < 1.29 is 27.4 Å². The van der Waals surface area contributed by atoms with E-state index in [0.717, 1.165) is 24.4 Å². The fraction of sp³-hybridized carbons (Fsp3) is 0.0769. The summed E-state index contributed by atoms with van der Waals surface area (Å²) in [7, 11) is 0. The van der Waals surface area contributed by atoms with Crippen LogP contribution in [-0.2, 0) is 0 Å². The molecule has 6 aromatic rings. The van der Waals surface area contributed by atoms with Crippen LogP contribution in [0, 0.1) is 43.9 Å². The van der Waals surface area contributed by atoms with Gasteiger partial charge in [-0.2, -0.15) is 18.3 Å². The van der Waals surface area contributed by atoms with Crippen molar-refractivity contribution in [3.63, 3.8) is 0 Å². The number of nitro groups is 2. The molecule has 242 valence electrons. The average molecular weight is 647 g/mol. The van der Waals surface area contributed by atoms with Gasteiger partial charge in [0.25, 0.3) is 0 Å². The molecular formula is C26H26F4N12O4. The first kappa shape index (κ1) is 37.4. The molecule has 0 aliphatic carbocycles. The van der Waals surface area contributed by atoms with E-state index >= 15 is 0 Å². The number of aromatic amines is 1. The number of pyridine rings is 3. The lowest BCUT2D eigenvalue weighted by Gasteiger charge is -1.98. The second-order valence-corrected chi connectivity index (χ2v) is 7.73. The highest BCUT2D eigenvalue weighted by molar-refractivity contribution is 5.33. The number of nitrogen functional groups attached to an aromatic ring is 1. The Balaban J connectivity index is 0.000000313. The fourth-order valence-electron chi connectivity index (χ4n) is 2.84. The predicted molar refractivity (Wildman–Crippen MR) is 157 cm³/mol. The zero-order valence-corrected chi connectivity index (χ0v) is 21.9. The van der Waals surface area contributed by atoms with Gasteiger partial charge in [0.1, 0.15) is 11.6 Å². The fourth-order valence-corrected chi connectivity index (χ4v) is 2.84. The van der Waals surface area contributed by atoms with Crippen molar-refractivity contribution in [1.82, 2.24) is 44.7 Å². The highest BCUT2D eigenvalue weighted by atomic mass is 19.1. The van der Waals surface area contributed by atoms with Crippen molar-refractivity contribution in [2.45, 2.75) is 14.9 Å². The Bertz CT molecular complexity index is 1800. The minimum atomic E-state index is -0.787. The van der Waals surface area contributed by atoms with Gasteiger partial charge in [-0.05, 0) is 28.0 Å². The maximum atomic E-state index is 12.7. The molecule has 0 unspecified atom stereocenters. The average Bonchev–Trinajstić information content (AvgIpc) is 3.77. The molecule has 6 rings (SSSR count). The maximum Gasteiger partial charge on any atom is 0.390 e. The van der Waals surface area contributed by atoms with Crippen molar-refractivity contribution >= 4 is 17.5 Å². The highest BCUT2D eigenvalue weighted by Crippen LogP contribution is 2.12. The van der Waals surface area contributed by atoms with Crippen LogP contribution in [0.3, 0.4) is 0 Å². The zero-order chi connectivity index (χ0) is 32.1. The molecule has 0 atom stereocenters. The first-order valence-electron chi connectivity index (χ1n) is 11.7. The second kappa shape index (κ2) is 18.1. The molecule has 0 bridgehead atoms. The van der Waals surface area contributed by atoms with E-state index in [-0.39, 0.29) is 26.5 Å². The molecule has 20 heteroatoms. The van der Waals surface area contributed by atoms with Gasteiger partial charge in [0, 0.05) is 49.1 Å². The van der Waals surface area contributed by atoms with Crippen LogP contribution in [0.4, 0.5) is 35.0 Å². The van der Waals surface area contributed by atoms with Gasteiger partial charge in [-0.15, -0.1) is 9.78 Å². The highest BCUT2D eigenvalue weighted by Gasteiger charge is 2.12. The van der Waals surface area contributed by atoms with E-state index in [1.165, 1.54) is 58.4 Å². The molecule has 0 radical (unpaired) electrons. The minimum Gasteiger partial charge on any atom is -0.382 e. The van der Waals surface area contributed by atoms with E-state index in [0.29, 0.717) is 17.2 Å². The third-order valence-corrected chi connectivity index (χ3v) is 4.69. The van der Waals surface area contributed by atoms with Crippen LogP contribution < -0.4 is 5.73 Å². The number of nitrogens with zero attached hydrogens (tertiary/aromatic N) is 10. The molecule has 0 fully saturated rings. The Morgan fingerprint density at radius 1 is 0.674 bits per heavy atom. The first-order valence-corrected chi connectivity index (χ1v) is 11.7. The number of aromatic nitrogens is 9. The summed E-state index contributed by atoms with van der Waals surface area (Å²) in [5, 5.41) is 33.3. The summed E-state index contributed by atoms with van der Waals surface area (Å²) in [4.78, 5) is 28.9. The molecule has 0 aliphatic heterocycles. The number of hydrogen-bond acceptors (Lipinski definition) is 11. The smallest absolute Gasteiger partial charge is 0.382 e. The van der Waals surface area contributed by atoms with E-state index in [4.69, 9.17) is 5.73 Å². The van der Waals surface area contributed by atoms with Crippen LogP contribution in [0.25, 0.3) is 11.4 Å². The molecule has 3 N–H and O–H groups in total. The van der Waals surface area contributed by atoms with Crippen molar-refractivity contribution in [2.24, 2.45) is 0 Å². The number of rotatable bonds is 4. The van der Waals surface area contributed by atoms with Gasteiger partial charge in [-0.1, -0.05) is 20.0 Å². The molecule has 0 amide bonds. The Labute approximate surface area is 257 Å². The number of halogens is 4. The normalized spacial score (nSPS) is 9.39. The van der Waals surface area contributed by atoms with Gasteiger partial charge < -0.3 is 26.0 Å². The van der Waals surface area contributed by atoms with Gasteiger partial charge in [0.15, 0.2) is 0 Å². The van der Waals surface area contributed by atoms with Crippen molar-refractivity contribution in [2.75, 3.05) is 5.73 Å². The van der Waals surface area contributed by atoms with E-state index in [1.54, 1.807) is 18.3 Å². The number of anilines is 1. The summed E-state index contributed by atoms with van der Waals surface area (Å²) in [6.45, 7) is 0. The summed E-state index contributed by atoms with van der Waals surface area (Å²) in [6.07, 6.45) is 8.08. The third kappa shape index (κ3) is 11.9. The van der Waals surface area contributed by atoms with Crippen LogP contribution in [0.1, 0.15) is 14.9 Å². The van der Waals surface area contributed by atoms with Crippen molar-refractivity contribution in [3.05, 3.63) is 136 Å². The molecule has 0 aliphatic rings. The molecule has 46 heavy (non-hydrogen) atoms. The van der Waals surface area contributed by atoms with Crippen LogP contribution in [-0.4, -0.2) is 54.6 Å². The van der Waals surface area contributed by atoms with Gasteiger partial charge in [-0.25, -0.2) is 24.0 Å². The maximum absolute atomic E-state index is 12.7. The lowest BCUT2D eigenvalue weighted by molar-refractivity contribution is -0.389. The van der Waals surface area contributed by atoms with Crippen LogP contribution in [0.5, 0.6) is 0 Å². The van der Waals surface area contributed by atoms with Crippen LogP contribution in [0.15, 0.2) is 91.8 Å². The van der Waals surface area contributed by atoms with E-state index in [9.17, 15) is 37.8 Å². The number of hydrogen-bond donors (Lipinski definition) is 2. The lowest BCUT2D eigenvalue weighted by atomic mass is 10.4. The molecule has 0 saturated heterocycles. The topological polar surface area (TPSA) is 215 Å². The van der Waals surface area contributed by atoms with Crippen LogP contribution in [0.2, 0.25) is 0 Å². The number of H-pyrrole nitrogens is 1. The van der Waals surface area contributed by atoms with E-state index in [1.807, 2.05) is 0 Å². The van der Waals surface area contributed by atoms with Crippen molar-refractivity contribution in [1.29, 1.82) is 0 Å². The van der Waals surface area contributed by atoms with Gasteiger partial charge in [0.05, 0.1) is 41.0 Å². The van der Waals surface area contributed by atoms with Crippen LogP contribution >= 0.6 is 0 Å². The molecule has 0 aromatic carbocycles. The molecule has 16 nitrogen and oxygen atoms in total. The molecule has 0 saturated carbocycles. The second-order valence-electron chi connectivity index (χ2n) is 7.73. The summed E-state index contributed by atoms with van der Waals surface area (Å²) < 4.78 is 51.8. The quantitative estimate of drug-likeness (QED) is 0.109. The molecule has 0 spiro atoms. The third-order valence-electron chi connectivity index (χ3n) is 4.69. The summed E-state index contributed by atoms with van der Waals surface area (Å²) in [6, 6.07) is 11.5. The van der Waals surface area contributed by atoms with E-state index in [2.05, 4.69) is 35.3 Å². The predicted octanol–water partition coefficient (Wildman–Crippen LogP) is 5.25. The van der Waals surface area contributed by atoms with Gasteiger partial charge >= 0.3 is 11.6 Å². The molecule has 6 heterocycles. The van der Waals surface area contributed by atoms with E-state index < -0.39 is 33.5 Å².